The van der Waals surface area contributed by atoms with Gasteiger partial charge in [0.2, 0.25) is 11.8 Å². The fraction of sp³-hybridized carbons (Fsp3) is 0.846. The molecule has 1 aliphatic rings. The molecule has 0 aromatic heterocycles. The molecule has 110 valence electrons. The van der Waals surface area contributed by atoms with Crippen LogP contribution in [0, 0.1) is 5.92 Å². The second kappa shape index (κ2) is 8.12. The van der Waals surface area contributed by atoms with Crippen LogP contribution in [0.25, 0.3) is 0 Å². The van der Waals surface area contributed by atoms with Crippen molar-refractivity contribution in [3.8, 4) is 0 Å². The van der Waals surface area contributed by atoms with Crippen molar-refractivity contribution in [2.75, 3.05) is 19.6 Å². The Kier molecular flexibility index (Phi) is 6.80. The SMILES string of the molecule is CC(C)CC(CNCC(N)=O)NC(=O)C1CCCN1. The monoisotopic (exact) mass is 270 g/mol. The van der Waals surface area contributed by atoms with Gasteiger partial charge in [-0.05, 0) is 31.7 Å². The van der Waals surface area contributed by atoms with E-state index in [1.54, 1.807) is 0 Å². The molecule has 1 heterocycles. The standard InChI is InChI=1S/C13H26N4O2/c1-9(2)6-10(7-15-8-12(14)18)17-13(19)11-4-3-5-16-11/h9-11,15-16H,3-8H2,1-2H3,(H2,14,18)(H,17,19). The molecule has 1 rings (SSSR count). The Hall–Kier alpha value is -1.14. The topological polar surface area (TPSA) is 96.2 Å². The quantitative estimate of drug-likeness (QED) is 0.471. The maximum atomic E-state index is 12.0. The highest BCUT2D eigenvalue weighted by molar-refractivity contribution is 5.82. The molecule has 1 fully saturated rings. The number of nitrogens with two attached hydrogens (primary N) is 1. The van der Waals surface area contributed by atoms with Crippen molar-refractivity contribution in [2.45, 2.75) is 45.2 Å². The summed E-state index contributed by atoms with van der Waals surface area (Å²) in [7, 11) is 0. The predicted octanol–water partition coefficient (Wildman–Crippen LogP) is -0.656. The molecule has 0 spiro atoms. The molecule has 2 atom stereocenters. The molecule has 0 bridgehead atoms. The zero-order valence-electron chi connectivity index (χ0n) is 11.9. The Labute approximate surface area is 114 Å². The first-order valence-electron chi connectivity index (χ1n) is 7.01. The third kappa shape index (κ3) is 6.54. The number of hydrogen-bond donors (Lipinski definition) is 4. The number of hydrogen-bond acceptors (Lipinski definition) is 4. The van der Waals surface area contributed by atoms with Gasteiger partial charge >= 0.3 is 0 Å². The van der Waals surface area contributed by atoms with E-state index in [2.05, 4.69) is 29.8 Å². The zero-order chi connectivity index (χ0) is 14.3. The Morgan fingerprint density at radius 3 is 2.68 bits per heavy atom. The van der Waals surface area contributed by atoms with Crippen LogP contribution in [-0.2, 0) is 9.59 Å². The summed E-state index contributed by atoms with van der Waals surface area (Å²) in [5, 5.41) is 9.21. The Bertz CT molecular complexity index is 301. The maximum Gasteiger partial charge on any atom is 0.237 e. The summed E-state index contributed by atoms with van der Waals surface area (Å²) in [4.78, 5) is 22.7. The van der Waals surface area contributed by atoms with E-state index in [1.165, 1.54) is 0 Å². The minimum Gasteiger partial charge on any atom is -0.369 e. The zero-order valence-corrected chi connectivity index (χ0v) is 11.9. The van der Waals surface area contributed by atoms with Gasteiger partial charge in [-0.15, -0.1) is 0 Å². The van der Waals surface area contributed by atoms with Crippen LogP contribution in [-0.4, -0.2) is 43.5 Å². The summed E-state index contributed by atoms with van der Waals surface area (Å²) < 4.78 is 0. The summed E-state index contributed by atoms with van der Waals surface area (Å²) in [6.07, 6.45) is 2.83. The second-order valence-electron chi connectivity index (χ2n) is 5.58. The molecular formula is C13H26N4O2. The molecule has 0 radical (unpaired) electrons. The van der Waals surface area contributed by atoms with Crippen molar-refractivity contribution >= 4 is 11.8 Å². The summed E-state index contributed by atoms with van der Waals surface area (Å²) in [6.45, 7) is 5.85. The smallest absolute Gasteiger partial charge is 0.237 e. The lowest BCUT2D eigenvalue weighted by Crippen LogP contribution is -2.49. The summed E-state index contributed by atoms with van der Waals surface area (Å²) in [6, 6.07) is -0.0277. The van der Waals surface area contributed by atoms with Gasteiger partial charge < -0.3 is 21.7 Å². The highest BCUT2D eigenvalue weighted by atomic mass is 16.2. The van der Waals surface area contributed by atoms with Crippen LogP contribution in [0.4, 0.5) is 0 Å². The van der Waals surface area contributed by atoms with Crippen molar-refractivity contribution in [3.05, 3.63) is 0 Å². The van der Waals surface area contributed by atoms with E-state index < -0.39 is 0 Å². The molecule has 0 aliphatic carbocycles. The van der Waals surface area contributed by atoms with Crippen LogP contribution in [0.1, 0.15) is 33.1 Å². The Morgan fingerprint density at radius 1 is 1.42 bits per heavy atom. The van der Waals surface area contributed by atoms with Crippen molar-refractivity contribution < 1.29 is 9.59 Å². The van der Waals surface area contributed by atoms with Crippen LogP contribution in [0.3, 0.4) is 0 Å². The van der Waals surface area contributed by atoms with Gasteiger partial charge in [0.25, 0.3) is 0 Å². The van der Waals surface area contributed by atoms with Gasteiger partial charge in [0.05, 0.1) is 12.6 Å². The number of carbonyl (C=O) groups excluding carboxylic acids is 2. The molecule has 0 saturated carbocycles. The highest BCUT2D eigenvalue weighted by Crippen LogP contribution is 2.08. The Balaban J connectivity index is 2.38. The average molecular weight is 270 g/mol. The first-order valence-corrected chi connectivity index (χ1v) is 7.01. The normalized spacial score (nSPS) is 20.5. The first-order chi connectivity index (χ1) is 8.99. The third-order valence-electron chi connectivity index (χ3n) is 3.17. The minimum absolute atomic E-state index is 0.0363. The molecule has 2 unspecified atom stereocenters. The van der Waals surface area contributed by atoms with E-state index in [0.717, 1.165) is 25.8 Å². The molecule has 2 amide bonds. The van der Waals surface area contributed by atoms with Gasteiger partial charge in [0.1, 0.15) is 0 Å². The summed E-state index contributed by atoms with van der Waals surface area (Å²) in [5.74, 6) is 0.160. The molecular weight excluding hydrogens is 244 g/mol. The first kappa shape index (κ1) is 15.9. The van der Waals surface area contributed by atoms with Crippen LogP contribution in [0.15, 0.2) is 0 Å². The van der Waals surface area contributed by atoms with Gasteiger partial charge in [-0.3, -0.25) is 9.59 Å². The number of amides is 2. The lowest BCUT2D eigenvalue weighted by molar-refractivity contribution is -0.123. The van der Waals surface area contributed by atoms with Gasteiger partial charge in [-0.2, -0.15) is 0 Å². The fourth-order valence-electron chi connectivity index (χ4n) is 2.34. The lowest BCUT2D eigenvalue weighted by atomic mass is 10.0. The second-order valence-corrected chi connectivity index (χ2v) is 5.58. The van der Waals surface area contributed by atoms with Gasteiger partial charge in [0.15, 0.2) is 0 Å². The third-order valence-corrected chi connectivity index (χ3v) is 3.17. The Morgan fingerprint density at radius 2 is 2.16 bits per heavy atom. The van der Waals surface area contributed by atoms with Crippen molar-refractivity contribution in [3.63, 3.8) is 0 Å². The fourth-order valence-corrected chi connectivity index (χ4v) is 2.34. The molecule has 19 heavy (non-hydrogen) atoms. The summed E-state index contributed by atoms with van der Waals surface area (Å²) >= 11 is 0. The van der Waals surface area contributed by atoms with E-state index in [-0.39, 0.29) is 30.4 Å². The summed E-state index contributed by atoms with van der Waals surface area (Å²) in [5.41, 5.74) is 5.08. The van der Waals surface area contributed by atoms with Crippen LogP contribution >= 0.6 is 0 Å². The maximum absolute atomic E-state index is 12.0. The minimum atomic E-state index is -0.382. The molecule has 5 N–H and O–H groups in total. The molecule has 1 saturated heterocycles. The van der Waals surface area contributed by atoms with Crippen LogP contribution in [0.5, 0.6) is 0 Å². The molecule has 6 heteroatoms. The number of carbonyl (C=O) groups is 2. The van der Waals surface area contributed by atoms with Crippen molar-refractivity contribution in [1.82, 2.24) is 16.0 Å². The van der Waals surface area contributed by atoms with Crippen molar-refractivity contribution in [2.24, 2.45) is 11.7 Å². The largest absolute Gasteiger partial charge is 0.369 e. The van der Waals surface area contributed by atoms with Crippen LogP contribution in [0.2, 0.25) is 0 Å². The van der Waals surface area contributed by atoms with Crippen LogP contribution < -0.4 is 21.7 Å². The predicted molar refractivity (Wildman–Crippen MR) is 74.5 cm³/mol. The molecule has 0 aromatic carbocycles. The number of primary amides is 1. The molecule has 6 nitrogen and oxygen atoms in total. The van der Waals surface area contributed by atoms with E-state index in [0.29, 0.717) is 12.5 Å². The van der Waals surface area contributed by atoms with Gasteiger partial charge in [-0.1, -0.05) is 13.8 Å². The average Bonchev–Trinajstić information content (AvgIpc) is 2.80. The highest BCUT2D eigenvalue weighted by Gasteiger charge is 2.24. The van der Waals surface area contributed by atoms with Gasteiger partial charge in [-0.25, -0.2) is 0 Å². The van der Waals surface area contributed by atoms with E-state index in [1.807, 2.05) is 0 Å². The van der Waals surface area contributed by atoms with E-state index in [9.17, 15) is 9.59 Å². The molecule has 0 aromatic rings. The van der Waals surface area contributed by atoms with Crippen molar-refractivity contribution in [1.29, 1.82) is 0 Å². The van der Waals surface area contributed by atoms with Gasteiger partial charge in [0, 0.05) is 12.6 Å². The molecule has 1 aliphatic heterocycles. The lowest BCUT2D eigenvalue weighted by Gasteiger charge is -2.22. The van der Waals surface area contributed by atoms with E-state index in [4.69, 9.17) is 5.73 Å². The number of rotatable bonds is 8. The number of nitrogens with one attached hydrogen (secondary N) is 3. The van der Waals surface area contributed by atoms with E-state index >= 15 is 0 Å².